The van der Waals surface area contributed by atoms with Crippen LogP contribution < -0.4 is 4.90 Å². The van der Waals surface area contributed by atoms with E-state index in [0.29, 0.717) is 5.89 Å². The quantitative estimate of drug-likeness (QED) is 0.196. The first-order valence-corrected chi connectivity index (χ1v) is 16.1. The Morgan fingerprint density at radius 3 is 1.98 bits per heavy atom. The minimum absolute atomic E-state index is 0.119. The number of hydrogen-bond donors (Lipinski definition) is 0. The molecule has 0 N–H and O–H groups in total. The molecular formula is C44H32N2O. The zero-order chi connectivity index (χ0) is 31.5. The summed E-state index contributed by atoms with van der Waals surface area (Å²) in [6.07, 6.45) is 0. The molecule has 0 atom stereocenters. The minimum Gasteiger partial charge on any atom is -0.435 e. The summed E-state index contributed by atoms with van der Waals surface area (Å²) in [5.41, 5.74) is 13.4. The highest BCUT2D eigenvalue weighted by molar-refractivity contribution is 6.12. The summed E-state index contributed by atoms with van der Waals surface area (Å²) in [6, 6.07) is 56.0. The Labute approximate surface area is 274 Å². The van der Waals surface area contributed by atoms with E-state index in [-0.39, 0.29) is 5.41 Å². The van der Waals surface area contributed by atoms with Gasteiger partial charge in [0, 0.05) is 22.4 Å². The molecule has 3 heteroatoms. The zero-order valence-electron chi connectivity index (χ0n) is 26.3. The molecule has 0 unspecified atom stereocenters. The van der Waals surface area contributed by atoms with Crippen molar-refractivity contribution >= 4 is 38.9 Å². The standard InChI is InChI=1S/C44H32N2O/c1-44(2)37-18-10-9-17-35(37)36-26-25-34(28-38(36)44)46(33-23-20-30(21-24-33)29-12-5-3-6-13-29)40-19-11-16-31-22-27-39-42(41(31)40)47-43(45-39)32-14-7-4-8-15-32/h3-28H,1-2H3. The first-order chi connectivity index (χ1) is 23.1. The lowest BCUT2D eigenvalue weighted by Gasteiger charge is -2.29. The number of nitrogens with zero attached hydrogens (tertiary/aromatic N) is 2. The molecule has 1 aliphatic rings. The number of hydrogen-bond acceptors (Lipinski definition) is 3. The maximum atomic E-state index is 6.62. The maximum Gasteiger partial charge on any atom is 0.227 e. The molecule has 47 heavy (non-hydrogen) atoms. The Bertz CT molecular complexity index is 2420. The number of oxazole rings is 1. The second-order valence-corrected chi connectivity index (χ2v) is 12.8. The Hall–Kier alpha value is -5.93. The SMILES string of the molecule is CC1(C)c2ccccc2-c2ccc(N(c3ccc(-c4ccccc4)cc3)c3cccc4ccc5nc(-c6ccccc6)oc5c34)cc21. The van der Waals surface area contributed by atoms with Crippen molar-refractivity contribution in [1.29, 1.82) is 0 Å². The predicted molar refractivity (Wildman–Crippen MR) is 195 cm³/mol. The van der Waals surface area contributed by atoms with E-state index in [0.717, 1.165) is 44.5 Å². The summed E-state index contributed by atoms with van der Waals surface area (Å²) in [5.74, 6) is 0.624. The lowest BCUT2D eigenvalue weighted by atomic mass is 9.82. The number of benzene rings is 7. The molecule has 1 aliphatic carbocycles. The first-order valence-electron chi connectivity index (χ1n) is 16.1. The normalized spacial score (nSPS) is 13.1. The third-order valence-corrected chi connectivity index (χ3v) is 9.70. The Kier molecular flexibility index (Phi) is 6.16. The number of fused-ring (bicyclic) bond motifs is 6. The van der Waals surface area contributed by atoms with Crippen LogP contribution in [0.25, 0.3) is 55.6 Å². The van der Waals surface area contributed by atoms with Crippen LogP contribution in [-0.4, -0.2) is 4.98 Å². The van der Waals surface area contributed by atoms with E-state index in [4.69, 9.17) is 9.40 Å². The van der Waals surface area contributed by atoms with Crippen LogP contribution in [0.15, 0.2) is 162 Å². The molecular weight excluding hydrogens is 572 g/mol. The van der Waals surface area contributed by atoms with Crippen LogP contribution >= 0.6 is 0 Å². The van der Waals surface area contributed by atoms with Crippen LogP contribution in [0.1, 0.15) is 25.0 Å². The van der Waals surface area contributed by atoms with Gasteiger partial charge in [0.2, 0.25) is 5.89 Å². The van der Waals surface area contributed by atoms with Gasteiger partial charge in [-0.05, 0) is 87.3 Å². The number of aromatic nitrogens is 1. The number of anilines is 3. The molecule has 9 rings (SSSR count). The molecule has 224 valence electrons. The first kappa shape index (κ1) is 27.4. The van der Waals surface area contributed by atoms with Crippen LogP contribution in [0.5, 0.6) is 0 Å². The summed E-state index contributed by atoms with van der Waals surface area (Å²) in [5, 5.41) is 2.14. The van der Waals surface area contributed by atoms with Crippen molar-refractivity contribution in [3.8, 4) is 33.7 Å². The van der Waals surface area contributed by atoms with Gasteiger partial charge in [-0.3, -0.25) is 0 Å². The molecule has 0 aliphatic heterocycles. The summed E-state index contributed by atoms with van der Waals surface area (Å²) in [7, 11) is 0. The number of rotatable bonds is 5. The van der Waals surface area contributed by atoms with Gasteiger partial charge in [0.25, 0.3) is 0 Å². The van der Waals surface area contributed by atoms with E-state index in [2.05, 4.69) is 146 Å². The third-order valence-electron chi connectivity index (χ3n) is 9.70. The highest BCUT2D eigenvalue weighted by Crippen LogP contribution is 2.51. The van der Waals surface area contributed by atoms with Crippen molar-refractivity contribution in [3.63, 3.8) is 0 Å². The molecule has 0 radical (unpaired) electrons. The van der Waals surface area contributed by atoms with E-state index in [1.165, 1.54) is 33.4 Å². The largest absolute Gasteiger partial charge is 0.435 e. The molecule has 0 amide bonds. The molecule has 0 fully saturated rings. The predicted octanol–water partition coefficient (Wildman–Crippen LogP) is 12.1. The van der Waals surface area contributed by atoms with Crippen LogP contribution in [0, 0.1) is 0 Å². The average Bonchev–Trinajstić information content (AvgIpc) is 3.67. The monoisotopic (exact) mass is 604 g/mol. The zero-order valence-corrected chi connectivity index (χ0v) is 26.3. The summed E-state index contributed by atoms with van der Waals surface area (Å²) < 4.78 is 6.62. The van der Waals surface area contributed by atoms with Crippen LogP contribution in [0.2, 0.25) is 0 Å². The van der Waals surface area contributed by atoms with Crippen molar-refractivity contribution in [1.82, 2.24) is 4.98 Å². The smallest absolute Gasteiger partial charge is 0.227 e. The van der Waals surface area contributed by atoms with Crippen LogP contribution in [0.4, 0.5) is 17.1 Å². The highest BCUT2D eigenvalue weighted by Gasteiger charge is 2.36. The molecule has 8 aromatic rings. The van der Waals surface area contributed by atoms with Crippen molar-refractivity contribution in [3.05, 3.63) is 169 Å². The fourth-order valence-corrected chi connectivity index (χ4v) is 7.32. The summed E-state index contributed by atoms with van der Waals surface area (Å²) in [6.45, 7) is 4.67. The minimum atomic E-state index is -0.119. The summed E-state index contributed by atoms with van der Waals surface area (Å²) >= 11 is 0. The van der Waals surface area contributed by atoms with Gasteiger partial charge in [-0.25, -0.2) is 4.98 Å². The van der Waals surface area contributed by atoms with E-state index in [1.54, 1.807) is 0 Å². The van der Waals surface area contributed by atoms with Gasteiger partial charge in [-0.1, -0.05) is 123 Å². The highest BCUT2D eigenvalue weighted by atomic mass is 16.3. The topological polar surface area (TPSA) is 29.3 Å². The van der Waals surface area contributed by atoms with Crippen molar-refractivity contribution in [2.24, 2.45) is 0 Å². The van der Waals surface area contributed by atoms with E-state index in [1.807, 2.05) is 30.3 Å². The molecule has 7 aromatic carbocycles. The van der Waals surface area contributed by atoms with Crippen LogP contribution in [-0.2, 0) is 5.41 Å². The van der Waals surface area contributed by atoms with Gasteiger partial charge >= 0.3 is 0 Å². The molecule has 1 aromatic heterocycles. The summed E-state index contributed by atoms with van der Waals surface area (Å²) in [4.78, 5) is 7.30. The lowest BCUT2D eigenvalue weighted by Crippen LogP contribution is -2.16. The van der Waals surface area contributed by atoms with Gasteiger partial charge in [0.15, 0.2) is 5.58 Å². The fraction of sp³-hybridized carbons (Fsp3) is 0.0682. The molecule has 1 heterocycles. The van der Waals surface area contributed by atoms with Crippen molar-refractivity contribution < 1.29 is 4.42 Å². The Balaban J connectivity index is 1.28. The van der Waals surface area contributed by atoms with E-state index < -0.39 is 0 Å². The van der Waals surface area contributed by atoms with Gasteiger partial charge in [0.1, 0.15) is 5.52 Å². The van der Waals surface area contributed by atoms with Crippen molar-refractivity contribution in [2.75, 3.05) is 4.90 Å². The lowest BCUT2D eigenvalue weighted by molar-refractivity contribution is 0.623. The Morgan fingerprint density at radius 2 is 1.19 bits per heavy atom. The molecule has 0 bridgehead atoms. The van der Waals surface area contributed by atoms with Crippen LogP contribution in [0.3, 0.4) is 0 Å². The van der Waals surface area contributed by atoms with Gasteiger partial charge in [-0.2, -0.15) is 0 Å². The molecule has 0 spiro atoms. The second kappa shape index (κ2) is 10.6. The van der Waals surface area contributed by atoms with Gasteiger partial charge < -0.3 is 9.32 Å². The fourth-order valence-electron chi connectivity index (χ4n) is 7.32. The van der Waals surface area contributed by atoms with Gasteiger partial charge in [-0.15, -0.1) is 0 Å². The second-order valence-electron chi connectivity index (χ2n) is 12.8. The molecule has 0 saturated carbocycles. The van der Waals surface area contributed by atoms with E-state index in [9.17, 15) is 0 Å². The third kappa shape index (κ3) is 4.39. The van der Waals surface area contributed by atoms with E-state index >= 15 is 0 Å². The van der Waals surface area contributed by atoms with Gasteiger partial charge in [0.05, 0.1) is 11.1 Å². The average molecular weight is 605 g/mol. The maximum absolute atomic E-state index is 6.62. The van der Waals surface area contributed by atoms with Crippen molar-refractivity contribution in [2.45, 2.75) is 19.3 Å². The Morgan fingerprint density at radius 1 is 0.532 bits per heavy atom. The molecule has 0 saturated heterocycles. The molecule has 3 nitrogen and oxygen atoms in total.